The van der Waals surface area contributed by atoms with E-state index in [9.17, 15) is 4.79 Å². The van der Waals surface area contributed by atoms with Gasteiger partial charge in [0.1, 0.15) is 0 Å². The van der Waals surface area contributed by atoms with E-state index in [2.05, 4.69) is 22.4 Å². The quantitative estimate of drug-likeness (QED) is 0.456. The second-order valence-corrected chi connectivity index (χ2v) is 8.23. The Bertz CT molecular complexity index is 996. The molecule has 1 aliphatic heterocycles. The number of para-hydroxylation sites is 1. The van der Waals surface area contributed by atoms with Crippen molar-refractivity contribution in [1.29, 1.82) is 0 Å². The Balaban J connectivity index is 1.39. The number of aromatic amines is 1. The second kappa shape index (κ2) is 9.93. The van der Waals surface area contributed by atoms with Crippen LogP contribution in [0.4, 0.5) is 0 Å². The lowest BCUT2D eigenvalue weighted by Crippen LogP contribution is -2.33. The molecule has 2 aromatic heterocycles. The number of fused-ring (bicyclic) bond motifs is 1. The number of carbonyl (C=O) groups is 1. The summed E-state index contributed by atoms with van der Waals surface area (Å²) in [6.45, 7) is 0.979. The molecule has 158 valence electrons. The lowest BCUT2D eigenvalue weighted by Gasteiger charge is -2.28. The van der Waals surface area contributed by atoms with Gasteiger partial charge in [-0.05, 0) is 42.0 Å². The highest BCUT2D eigenvalue weighted by Gasteiger charge is 2.29. The summed E-state index contributed by atoms with van der Waals surface area (Å²) in [5.74, 6) is 0.145. The maximum absolute atomic E-state index is 12.8. The number of benzene rings is 1. The van der Waals surface area contributed by atoms with E-state index >= 15 is 0 Å². The molecule has 3 N–H and O–H groups in total. The molecular formula is C23H26N2O4S. The number of thiophene rings is 1. The number of aromatic nitrogens is 1. The molecule has 0 aliphatic carbocycles. The lowest BCUT2D eigenvalue weighted by molar-refractivity contribution is -0.146. The highest BCUT2D eigenvalue weighted by molar-refractivity contribution is 7.10. The zero-order valence-electron chi connectivity index (χ0n) is 16.7. The summed E-state index contributed by atoms with van der Waals surface area (Å²) in [4.78, 5) is 17.2. The van der Waals surface area contributed by atoms with Crippen LogP contribution in [0.5, 0.6) is 0 Å². The fourth-order valence-corrected chi connectivity index (χ4v) is 4.44. The molecule has 0 bridgehead atoms. The van der Waals surface area contributed by atoms with Crippen molar-refractivity contribution in [2.24, 2.45) is 0 Å². The monoisotopic (exact) mass is 426 g/mol. The third-order valence-corrected chi connectivity index (χ3v) is 6.16. The SMILES string of the molecule is O=C(NCCc1c[nH]c2ccccc12)C1=C[C@H](c2cccs2)C[C@H](OCCCO)O1. The predicted octanol–water partition coefficient (Wildman–Crippen LogP) is 3.70. The summed E-state index contributed by atoms with van der Waals surface area (Å²) in [6.07, 6.45) is 5.30. The molecule has 0 unspecified atom stereocenters. The Morgan fingerprint density at radius 3 is 3.03 bits per heavy atom. The van der Waals surface area contributed by atoms with Crippen LogP contribution in [-0.2, 0) is 20.7 Å². The van der Waals surface area contributed by atoms with Gasteiger partial charge in [-0.3, -0.25) is 4.79 Å². The van der Waals surface area contributed by atoms with E-state index in [-0.39, 0.29) is 18.4 Å². The molecule has 0 radical (unpaired) electrons. The van der Waals surface area contributed by atoms with Crippen molar-refractivity contribution in [3.63, 3.8) is 0 Å². The molecule has 0 saturated heterocycles. The fourth-order valence-electron chi connectivity index (χ4n) is 3.63. The maximum atomic E-state index is 12.8. The first-order valence-corrected chi connectivity index (χ1v) is 11.1. The number of rotatable bonds is 9. The zero-order chi connectivity index (χ0) is 20.8. The normalized spacial score (nSPS) is 18.8. The molecule has 1 aromatic carbocycles. The highest BCUT2D eigenvalue weighted by Crippen LogP contribution is 2.33. The topological polar surface area (TPSA) is 83.6 Å². The van der Waals surface area contributed by atoms with Crippen molar-refractivity contribution in [1.82, 2.24) is 10.3 Å². The van der Waals surface area contributed by atoms with Gasteiger partial charge in [0.25, 0.3) is 5.91 Å². The van der Waals surface area contributed by atoms with Gasteiger partial charge < -0.3 is 24.9 Å². The number of hydrogen-bond donors (Lipinski definition) is 3. The first-order valence-electron chi connectivity index (χ1n) is 10.2. The molecular weight excluding hydrogens is 400 g/mol. The summed E-state index contributed by atoms with van der Waals surface area (Å²) in [6, 6.07) is 12.2. The summed E-state index contributed by atoms with van der Waals surface area (Å²) in [5, 5.41) is 15.2. The smallest absolute Gasteiger partial charge is 0.286 e. The van der Waals surface area contributed by atoms with E-state index in [0.29, 0.717) is 31.8 Å². The molecule has 3 heterocycles. The van der Waals surface area contributed by atoms with E-state index in [1.165, 1.54) is 15.8 Å². The molecule has 3 aromatic rings. The van der Waals surface area contributed by atoms with Crippen molar-refractivity contribution in [2.75, 3.05) is 19.8 Å². The summed E-state index contributed by atoms with van der Waals surface area (Å²) in [7, 11) is 0. The number of nitrogens with one attached hydrogen (secondary N) is 2. The van der Waals surface area contributed by atoms with Crippen LogP contribution in [0.3, 0.4) is 0 Å². The number of aliphatic hydroxyl groups is 1. The first kappa shape index (κ1) is 20.7. The Morgan fingerprint density at radius 2 is 2.20 bits per heavy atom. The van der Waals surface area contributed by atoms with E-state index in [4.69, 9.17) is 14.6 Å². The lowest BCUT2D eigenvalue weighted by atomic mass is 9.99. The number of ether oxygens (including phenoxy) is 2. The Kier molecular flexibility index (Phi) is 6.84. The third kappa shape index (κ3) is 4.92. The molecule has 0 saturated carbocycles. The van der Waals surface area contributed by atoms with Gasteiger partial charge in [0.2, 0.25) is 6.29 Å². The number of allylic oxidation sites excluding steroid dienone is 1. The molecule has 2 atom stereocenters. The van der Waals surface area contributed by atoms with Gasteiger partial charge in [0, 0.05) is 47.5 Å². The average Bonchev–Trinajstić information content (AvgIpc) is 3.44. The van der Waals surface area contributed by atoms with Gasteiger partial charge in [-0.2, -0.15) is 0 Å². The van der Waals surface area contributed by atoms with Crippen LogP contribution in [0.2, 0.25) is 0 Å². The van der Waals surface area contributed by atoms with Crippen molar-refractivity contribution in [3.8, 4) is 0 Å². The molecule has 0 spiro atoms. The van der Waals surface area contributed by atoms with Gasteiger partial charge in [-0.15, -0.1) is 11.3 Å². The first-order chi connectivity index (χ1) is 14.7. The molecule has 1 aliphatic rings. The Labute approximate surface area is 179 Å². The van der Waals surface area contributed by atoms with Crippen molar-refractivity contribution >= 4 is 28.1 Å². The minimum absolute atomic E-state index is 0.0676. The van der Waals surface area contributed by atoms with E-state index in [1.54, 1.807) is 11.3 Å². The summed E-state index contributed by atoms with van der Waals surface area (Å²) < 4.78 is 11.6. The second-order valence-electron chi connectivity index (χ2n) is 7.25. The standard InChI is InChI=1S/C23H26N2O4S/c26-10-4-11-28-22-14-17(21-7-3-12-30-21)13-20(29-22)23(27)24-9-8-16-15-25-19-6-2-1-5-18(16)19/h1-3,5-7,12-13,15,17,22,25-26H,4,8-11,14H2,(H,24,27)/t17-,22+/m0/s1. The van der Waals surface area contributed by atoms with Crippen molar-refractivity contribution in [3.05, 3.63) is 70.3 Å². The van der Waals surface area contributed by atoms with E-state index < -0.39 is 6.29 Å². The van der Waals surface area contributed by atoms with Gasteiger partial charge in [-0.1, -0.05) is 24.3 Å². The molecule has 4 rings (SSSR count). The Hall–Kier alpha value is -2.61. The number of H-pyrrole nitrogens is 1. The van der Waals surface area contributed by atoms with Crippen molar-refractivity contribution in [2.45, 2.75) is 31.5 Å². The zero-order valence-corrected chi connectivity index (χ0v) is 17.5. The molecule has 30 heavy (non-hydrogen) atoms. The minimum Gasteiger partial charge on any atom is -0.459 e. The predicted molar refractivity (Wildman–Crippen MR) is 117 cm³/mol. The molecule has 0 fully saturated rings. The largest absolute Gasteiger partial charge is 0.459 e. The fraction of sp³-hybridized carbons (Fsp3) is 0.348. The van der Waals surface area contributed by atoms with Gasteiger partial charge in [-0.25, -0.2) is 0 Å². The van der Waals surface area contributed by atoms with E-state index in [0.717, 1.165) is 11.9 Å². The number of amides is 1. The van der Waals surface area contributed by atoms with Gasteiger partial charge >= 0.3 is 0 Å². The summed E-state index contributed by atoms with van der Waals surface area (Å²) >= 11 is 1.66. The minimum atomic E-state index is -0.497. The van der Waals surface area contributed by atoms with Crippen LogP contribution in [0.25, 0.3) is 10.9 Å². The van der Waals surface area contributed by atoms with Crippen LogP contribution in [0, 0.1) is 0 Å². The van der Waals surface area contributed by atoms with Crippen LogP contribution < -0.4 is 5.32 Å². The van der Waals surface area contributed by atoms with Crippen LogP contribution in [0.1, 0.15) is 29.2 Å². The molecule has 6 nitrogen and oxygen atoms in total. The van der Waals surface area contributed by atoms with Crippen LogP contribution in [-0.4, -0.2) is 42.0 Å². The third-order valence-electron chi connectivity index (χ3n) is 5.15. The Morgan fingerprint density at radius 1 is 1.30 bits per heavy atom. The summed E-state index contributed by atoms with van der Waals surface area (Å²) in [5.41, 5.74) is 2.27. The molecule has 7 heteroatoms. The van der Waals surface area contributed by atoms with E-state index in [1.807, 2.05) is 41.9 Å². The highest BCUT2D eigenvalue weighted by atomic mass is 32.1. The van der Waals surface area contributed by atoms with Crippen molar-refractivity contribution < 1.29 is 19.4 Å². The number of aliphatic hydroxyl groups excluding tert-OH is 1. The van der Waals surface area contributed by atoms with Crippen LogP contribution in [0.15, 0.2) is 59.8 Å². The maximum Gasteiger partial charge on any atom is 0.286 e. The van der Waals surface area contributed by atoms with Crippen LogP contribution >= 0.6 is 11.3 Å². The number of carbonyl (C=O) groups excluding carboxylic acids is 1. The molecule has 1 amide bonds. The van der Waals surface area contributed by atoms with Gasteiger partial charge in [0.05, 0.1) is 6.61 Å². The van der Waals surface area contributed by atoms with Gasteiger partial charge in [0.15, 0.2) is 5.76 Å². The number of hydrogen-bond acceptors (Lipinski definition) is 5. The average molecular weight is 427 g/mol.